The molecule has 0 spiro atoms. The maximum Gasteiger partial charge on any atom is 0.317 e. The standard InChI is InChI=1S/C18H24N4O/c1-21(16-8-3-2-4-9-16)18(23)20-13-15-7-5-6-10-17(15)22-12-11-19-14-22/h5-7,10-12,14,16H,2-4,8-9,13H2,1H3,(H,20,23). The Bertz CT molecular complexity index is 632. The predicted molar refractivity (Wildman–Crippen MR) is 90.4 cm³/mol. The number of hydrogen-bond donors (Lipinski definition) is 1. The molecule has 1 N–H and O–H groups in total. The van der Waals surface area contributed by atoms with Gasteiger partial charge in [0.2, 0.25) is 0 Å². The van der Waals surface area contributed by atoms with Crippen molar-refractivity contribution in [3.05, 3.63) is 48.5 Å². The number of nitrogens with one attached hydrogen (secondary N) is 1. The van der Waals surface area contributed by atoms with E-state index in [4.69, 9.17) is 0 Å². The van der Waals surface area contributed by atoms with Crippen LogP contribution in [0.25, 0.3) is 5.69 Å². The smallest absolute Gasteiger partial charge is 0.317 e. The van der Waals surface area contributed by atoms with Crippen LogP contribution < -0.4 is 5.32 Å². The van der Waals surface area contributed by atoms with Gasteiger partial charge < -0.3 is 14.8 Å². The molecule has 0 aliphatic heterocycles. The highest BCUT2D eigenvalue weighted by Gasteiger charge is 2.21. The summed E-state index contributed by atoms with van der Waals surface area (Å²) in [6.45, 7) is 0.518. The number of carbonyl (C=O) groups excluding carboxylic acids is 1. The van der Waals surface area contributed by atoms with Gasteiger partial charge >= 0.3 is 6.03 Å². The first-order chi connectivity index (χ1) is 11.3. The van der Waals surface area contributed by atoms with Gasteiger partial charge in [-0.25, -0.2) is 9.78 Å². The molecule has 0 bridgehead atoms. The van der Waals surface area contributed by atoms with Gasteiger partial charge in [-0.15, -0.1) is 0 Å². The predicted octanol–water partition coefficient (Wildman–Crippen LogP) is 3.35. The Labute approximate surface area is 137 Å². The third-order valence-electron chi connectivity index (χ3n) is 4.65. The highest BCUT2D eigenvalue weighted by atomic mass is 16.2. The summed E-state index contributed by atoms with van der Waals surface area (Å²) in [5.74, 6) is 0. The van der Waals surface area contributed by atoms with Gasteiger partial charge in [-0.3, -0.25) is 0 Å². The number of imidazole rings is 1. The minimum atomic E-state index is 0.0114. The Balaban J connectivity index is 1.63. The van der Waals surface area contributed by atoms with Crippen molar-refractivity contribution >= 4 is 6.03 Å². The summed E-state index contributed by atoms with van der Waals surface area (Å²) in [6, 6.07) is 8.45. The zero-order valence-corrected chi connectivity index (χ0v) is 13.6. The second kappa shape index (κ2) is 7.31. The molecule has 1 fully saturated rings. The van der Waals surface area contributed by atoms with Crippen molar-refractivity contribution in [1.82, 2.24) is 19.8 Å². The summed E-state index contributed by atoms with van der Waals surface area (Å²) in [5.41, 5.74) is 2.13. The Morgan fingerprint density at radius 3 is 2.83 bits per heavy atom. The van der Waals surface area contributed by atoms with Gasteiger partial charge in [0.05, 0.1) is 12.0 Å². The summed E-state index contributed by atoms with van der Waals surface area (Å²) in [6.07, 6.45) is 11.4. The largest absolute Gasteiger partial charge is 0.334 e. The van der Waals surface area contributed by atoms with E-state index in [0.717, 1.165) is 24.1 Å². The molecule has 122 valence electrons. The van der Waals surface area contributed by atoms with Crippen LogP contribution in [-0.2, 0) is 6.54 Å². The molecule has 2 amide bonds. The number of hydrogen-bond acceptors (Lipinski definition) is 2. The molecule has 1 aromatic heterocycles. The lowest BCUT2D eigenvalue weighted by molar-refractivity contribution is 0.173. The molecule has 1 aliphatic carbocycles. The summed E-state index contributed by atoms with van der Waals surface area (Å²) in [7, 11) is 1.91. The topological polar surface area (TPSA) is 50.2 Å². The number of amides is 2. The van der Waals surface area contributed by atoms with Crippen LogP contribution in [-0.4, -0.2) is 33.6 Å². The zero-order chi connectivity index (χ0) is 16.1. The van der Waals surface area contributed by atoms with E-state index in [9.17, 15) is 4.79 Å². The first kappa shape index (κ1) is 15.6. The van der Waals surface area contributed by atoms with Crippen LogP contribution in [0, 0.1) is 0 Å². The van der Waals surface area contributed by atoms with Gasteiger partial charge in [0.25, 0.3) is 0 Å². The molecule has 1 saturated carbocycles. The third-order valence-corrected chi connectivity index (χ3v) is 4.65. The van der Waals surface area contributed by atoms with E-state index in [0.29, 0.717) is 12.6 Å². The van der Waals surface area contributed by atoms with Crippen LogP contribution in [0.2, 0.25) is 0 Å². The number of benzene rings is 1. The monoisotopic (exact) mass is 312 g/mol. The van der Waals surface area contributed by atoms with Crippen LogP contribution >= 0.6 is 0 Å². The zero-order valence-electron chi connectivity index (χ0n) is 13.6. The van der Waals surface area contributed by atoms with Crippen molar-refractivity contribution in [1.29, 1.82) is 0 Å². The van der Waals surface area contributed by atoms with Crippen LogP contribution in [0.5, 0.6) is 0 Å². The molecule has 1 aromatic carbocycles. The van der Waals surface area contributed by atoms with E-state index in [2.05, 4.69) is 10.3 Å². The van der Waals surface area contributed by atoms with Crippen LogP contribution in [0.1, 0.15) is 37.7 Å². The van der Waals surface area contributed by atoms with Crippen molar-refractivity contribution < 1.29 is 4.79 Å². The number of urea groups is 1. The van der Waals surface area contributed by atoms with E-state index >= 15 is 0 Å². The molecule has 0 unspecified atom stereocenters. The fraction of sp³-hybridized carbons (Fsp3) is 0.444. The lowest BCUT2D eigenvalue weighted by Gasteiger charge is -2.31. The molecule has 0 saturated heterocycles. The first-order valence-corrected chi connectivity index (χ1v) is 8.32. The van der Waals surface area contributed by atoms with E-state index < -0.39 is 0 Å². The van der Waals surface area contributed by atoms with E-state index in [1.165, 1.54) is 19.3 Å². The maximum atomic E-state index is 12.4. The van der Waals surface area contributed by atoms with E-state index in [1.807, 2.05) is 47.0 Å². The van der Waals surface area contributed by atoms with E-state index in [-0.39, 0.29) is 6.03 Å². The summed E-state index contributed by atoms with van der Waals surface area (Å²) < 4.78 is 1.96. The molecule has 5 nitrogen and oxygen atoms in total. The number of nitrogens with zero attached hydrogens (tertiary/aromatic N) is 3. The first-order valence-electron chi connectivity index (χ1n) is 8.32. The molecule has 0 atom stereocenters. The summed E-state index contributed by atoms with van der Waals surface area (Å²) in [4.78, 5) is 18.4. The van der Waals surface area contributed by atoms with Gasteiger partial charge in [0.15, 0.2) is 0 Å². The fourth-order valence-corrected chi connectivity index (χ4v) is 3.24. The average Bonchev–Trinajstić information content (AvgIpc) is 3.14. The van der Waals surface area contributed by atoms with Crippen molar-refractivity contribution in [3.8, 4) is 5.69 Å². The van der Waals surface area contributed by atoms with Crippen LogP contribution in [0.3, 0.4) is 0 Å². The molecule has 23 heavy (non-hydrogen) atoms. The van der Waals surface area contributed by atoms with Gasteiger partial charge in [-0.1, -0.05) is 37.5 Å². The van der Waals surface area contributed by atoms with Crippen LogP contribution in [0.15, 0.2) is 43.0 Å². The number of para-hydroxylation sites is 1. The summed E-state index contributed by atoms with van der Waals surface area (Å²) >= 11 is 0. The molecule has 2 aromatic rings. The molecule has 1 aliphatic rings. The molecule has 5 heteroatoms. The highest BCUT2D eigenvalue weighted by molar-refractivity contribution is 5.74. The lowest BCUT2D eigenvalue weighted by Crippen LogP contribution is -2.44. The molecular formula is C18H24N4O. The number of aromatic nitrogens is 2. The van der Waals surface area contributed by atoms with Crippen molar-refractivity contribution in [2.45, 2.75) is 44.7 Å². The number of rotatable bonds is 4. The third kappa shape index (κ3) is 3.73. The van der Waals surface area contributed by atoms with Gasteiger partial charge in [-0.2, -0.15) is 0 Å². The van der Waals surface area contributed by atoms with E-state index in [1.54, 1.807) is 12.5 Å². The van der Waals surface area contributed by atoms with Gasteiger partial charge in [0.1, 0.15) is 0 Å². The Kier molecular flexibility index (Phi) is 4.95. The molecule has 1 heterocycles. The Morgan fingerprint density at radius 1 is 1.30 bits per heavy atom. The maximum absolute atomic E-state index is 12.4. The van der Waals surface area contributed by atoms with Gasteiger partial charge in [-0.05, 0) is 24.5 Å². The minimum absolute atomic E-state index is 0.0114. The second-order valence-electron chi connectivity index (χ2n) is 6.16. The molecule has 0 radical (unpaired) electrons. The molecule has 3 rings (SSSR count). The lowest BCUT2D eigenvalue weighted by atomic mass is 9.95. The minimum Gasteiger partial charge on any atom is -0.334 e. The fourth-order valence-electron chi connectivity index (χ4n) is 3.24. The SMILES string of the molecule is CN(C(=O)NCc1ccccc1-n1ccnc1)C1CCCCC1. The average molecular weight is 312 g/mol. The van der Waals surface area contributed by atoms with Gasteiger partial charge in [0, 0.05) is 32.0 Å². The van der Waals surface area contributed by atoms with Crippen molar-refractivity contribution in [3.63, 3.8) is 0 Å². The van der Waals surface area contributed by atoms with Crippen molar-refractivity contribution in [2.75, 3.05) is 7.05 Å². The van der Waals surface area contributed by atoms with Crippen molar-refractivity contribution in [2.24, 2.45) is 0 Å². The van der Waals surface area contributed by atoms with Crippen LogP contribution in [0.4, 0.5) is 4.79 Å². The summed E-state index contributed by atoms with van der Waals surface area (Å²) in [5, 5.41) is 3.05. The second-order valence-corrected chi connectivity index (χ2v) is 6.16. The molecular weight excluding hydrogens is 288 g/mol. The highest BCUT2D eigenvalue weighted by Crippen LogP contribution is 2.21. The Hall–Kier alpha value is -2.30. The number of carbonyl (C=O) groups is 1. The quantitative estimate of drug-likeness (QED) is 0.941. The normalized spacial score (nSPS) is 15.3. The Morgan fingerprint density at radius 2 is 2.09 bits per heavy atom.